The maximum absolute atomic E-state index is 10.4. The van der Waals surface area contributed by atoms with Crippen molar-refractivity contribution >= 4 is 34.2 Å². The minimum Gasteiger partial charge on any atom is -0.481 e. The number of thioether (sulfide) groups is 1. The second-order valence-corrected chi connectivity index (χ2v) is 6.29. The van der Waals surface area contributed by atoms with Gasteiger partial charge in [-0.2, -0.15) is 0 Å². The third-order valence-electron chi connectivity index (χ3n) is 2.14. The second-order valence-electron chi connectivity index (χ2n) is 4.11. The number of anilines is 1. The highest BCUT2D eigenvalue weighted by atomic mass is 32.2. The molecule has 6 nitrogen and oxygen atoms in total. The standard InChI is InChI=1S/C10H18N4O2S2/c1-13(2)5-4-6-14(3)9-11-12-10(18-9)17-7-8(15)16/h4-7H2,1-3H3,(H,15,16). The summed E-state index contributed by atoms with van der Waals surface area (Å²) in [5.41, 5.74) is 0. The highest BCUT2D eigenvalue weighted by molar-refractivity contribution is 8.01. The van der Waals surface area contributed by atoms with Crippen LogP contribution in [0.15, 0.2) is 4.34 Å². The topological polar surface area (TPSA) is 69.6 Å². The van der Waals surface area contributed by atoms with E-state index in [9.17, 15) is 4.79 Å². The molecule has 0 saturated carbocycles. The number of aromatic nitrogens is 2. The Hall–Kier alpha value is -0.860. The molecular weight excluding hydrogens is 272 g/mol. The Kier molecular flexibility index (Phi) is 6.37. The van der Waals surface area contributed by atoms with Crippen LogP contribution in [0.3, 0.4) is 0 Å². The van der Waals surface area contributed by atoms with Gasteiger partial charge in [0.15, 0.2) is 4.34 Å². The number of rotatable bonds is 8. The molecule has 0 atom stereocenters. The number of hydrogen-bond donors (Lipinski definition) is 1. The monoisotopic (exact) mass is 290 g/mol. The third-order valence-corrected chi connectivity index (χ3v) is 4.30. The van der Waals surface area contributed by atoms with E-state index in [1.165, 1.54) is 23.1 Å². The van der Waals surface area contributed by atoms with E-state index >= 15 is 0 Å². The van der Waals surface area contributed by atoms with Crippen LogP contribution in [0.5, 0.6) is 0 Å². The molecule has 0 bridgehead atoms. The van der Waals surface area contributed by atoms with Crippen LogP contribution in [0.4, 0.5) is 5.13 Å². The van der Waals surface area contributed by atoms with Crippen molar-refractivity contribution in [1.29, 1.82) is 0 Å². The fraction of sp³-hybridized carbons (Fsp3) is 0.700. The summed E-state index contributed by atoms with van der Waals surface area (Å²) in [4.78, 5) is 14.6. The van der Waals surface area contributed by atoms with Crippen LogP contribution in [0, 0.1) is 0 Å². The minimum atomic E-state index is -0.837. The van der Waals surface area contributed by atoms with Gasteiger partial charge in [-0.3, -0.25) is 4.79 Å². The fourth-order valence-corrected chi connectivity index (χ4v) is 2.81. The zero-order chi connectivity index (χ0) is 13.5. The lowest BCUT2D eigenvalue weighted by molar-refractivity contribution is -0.133. The normalized spacial score (nSPS) is 10.9. The zero-order valence-electron chi connectivity index (χ0n) is 10.8. The predicted molar refractivity (Wildman–Crippen MR) is 74.7 cm³/mol. The van der Waals surface area contributed by atoms with Gasteiger partial charge in [-0.25, -0.2) is 0 Å². The van der Waals surface area contributed by atoms with Crippen molar-refractivity contribution in [3.63, 3.8) is 0 Å². The quantitative estimate of drug-likeness (QED) is 0.719. The van der Waals surface area contributed by atoms with Crippen molar-refractivity contribution < 1.29 is 9.90 Å². The third kappa shape index (κ3) is 5.65. The van der Waals surface area contributed by atoms with E-state index < -0.39 is 5.97 Å². The van der Waals surface area contributed by atoms with E-state index in [1.54, 1.807) is 0 Å². The van der Waals surface area contributed by atoms with Crippen LogP contribution in [0.2, 0.25) is 0 Å². The summed E-state index contributed by atoms with van der Waals surface area (Å²) in [7, 11) is 6.07. The number of carboxylic acids is 1. The summed E-state index contributed by atoms with van der Waals surface area (Å²) < 4.78 is 0.701. The summed E-state index contributed by atoms with van der Waals surface area (Å²) >= 11 is 2.64. The molecule has 0 saturated heterocycles. The van der Waals surface area contributed by atoms with Crippen LogP contribution in [0.25, 0.3) is 0 Å². The van der Waals surface area contributed by atoms with E-state index in [0.29, 0.717) is 4.34 Å². The largest absolute Gasteiger partial charge is 0.481 e. The first-order valence-corrected chi connectivity index (χ1v) is 7.33. The van der Waals surface area contributed by atoms with Gasteiger partial charge in [-0.15, -0.1) is 10.2 Å². The van der Waals surface area contributed by atoms with Crippen molar-refractivity contribution in [3.05, 3.63) is 0 Å². The van der Waals surface area contributed by atoms with Gasteiger partial charge in [0.2, 0.25) is 5.13 Å². The minimum absolute atomic E-state index is 0.0268. The molecule has 0 aliphatic carbocycles. The van der Waals surface area contributed by atoms with E-state index in [2.05, 4.69) is 15.1 Å². The average Bonchev–Trinajstić information content (AvgIpc) is 2.74. The Balaban J connectivity index is 2.39. The lowest BCUT2D eigenvalue weighted by Crippen LogP contribution is -2.23. The van der Waals surface area contributed by atoms with Gasteiger partial charge < -0.3 is 14.9 Å². The van der Waals surface area contributed by atoms with Crippen LogP contribution in [-0.2, 0) is 4.79 Å². The smallest absolute Gasteiger partial charge is 0.313 e. The molecule has 1 rings (SSSR count). The highest BCUT2D eigenvalue weighted by Gasteiger charge is 2.10. The molecule has 8 heteroatoms. The molecule has 0 spiro atoms. The summed E-state index contributed by atoms with van der Waals surface area (Å²) in [6.45, 7) is 1.94. The van der Waals surface area contributed by atoms with Gasteiger partial charge in [0.1, 0.15) is 0 Å². The van der Waals surface area contributed by atoms with E-state index in [4.69, 9.17) is 5.11 Å². The van der Waals surface area contributed by atoms with Crippen LogP contribution < -0.4 is 4.90 Å². The molecular formula is C10H18N4O2S2. The Bertz CT molecular complexity index is 384. The Morgan fingerprint density at radius 2 is 2.06 bits per heavy atom. The lowest BCUT2D eigenvalue weighted by atomic mass is 10.4. The maximum Gasteiger partial charge on any atom is 0.313 e. The van der Waals surface area contributed by atoms with Crippen molar-refractivity contribution in [1.82, 2.24) is 15.1 Å². The van der Waals surface area contributed by atoms with Gasteiger partial charge in [-0.1, -0.05) is 23.1 Å². The Morgan fingerprint density at radius 1 is 1.33 bits per heavy atom. The molecule has 0 radical (unpaired) electrons. The van der Waals surface area contributed by atoms with Crippen molar-refractivity contribution in [2.75, 3.05) is 44.9 Å². The molecule has 18 heavy (non-hydrogen) atoms. The first kappa shape index (κ1) is 15.2. The van der Waals surface area contributed by atoms with Crippen LogP contribution in [0.1, 0.15) is 6.42 Å². The van der Waals surface area contributed by atoms with Gasteiger partial charge in [0.25, 0.3) is 0 Å². The molecule has 1 heterocycles. The van der Waals surface area contributed by atoms with Gasteiger partial charge in [0.05, 0.1) is 5.75 Å². The zero-order valence-corrected chi connectivity index (χ0v) is 12.4. The molecule has 0 amide bonds. The number of carboxylic acid groups (broad SMARTS) is 1. The summed E-state index contributed by atoms with van der Waals surface area (Å²) in [5, 5.41) is 17.4. The Labute approximate surface area is 115 Å². The van der Waals surface area contributed by atoms with E-state index in [0.717, 1.165) is 24.6 Å². The summed E-state index contributed by atoms with van der Waals surface area (Å²) in [6.07, 6.45) is 1.06. The lowest BCUT2D eigenvalue weighted by Gasteiger charge is -2.16. The number of hydrogen-bond acceptors (Lipinski definition) is 7. The first-order valence-electron chi connectivity index (χ1n) is 5.53. The molecule has 0 aliphatic heterocycles. The van der Waals surface area contributed by atoms with E-state index in [1.807, 2.05) is 26.0 Å². The second kappa shape index (κ2) is 7.55. The molecule has 1 N–H and O–H groups in total. The van der Waals surface area contributed by atoms with Crippen LogP contribution >= 0.6 is 23.1 Å². The molecule has 1 aromatic heterocycles. The molecule has 0 aromatic carbocycles. The summed E-state index contributed by atoms with van der Waals surface area (Å²) in [6, 6.07) is 0. The fourth-order valence-electron chi connectivity index (χ4n) is 1.26. The van der Waals surface area contributed by atoms with Crippen LogP contribution in [-0.4, -0.2) is 66.2 Å². The molecule has 0 unspecified atom stereocenters. The SMILES string of the molecule is CN(C)CCCN(C)c1nnc(SCC(=O)O)s1. The van der Waals surface area contributed by atoms with Crippen molar-refractivity contribution in [2.45, 2.75) is 10.8 Å². The maximum atomic E-state index is 10.4. The van der Waals surface area contributed by atoms with Gasteiger partial charge in [0, 0.05) is 13.6 Å². The predicted octanol–water partition coefficient (Wildman–Crippen LogP) is 1.10. The number of aliphatic carboxylic acids is 1. The van der Waals surface area contributed by atoms with Crippen molar-refractivity contribution in [3.8, 4) is 0 Å². The first-order chi connectivity index (χ1) is 8.49. The highest BCUT2D eigenvalue weighted by Crippen LogP contribution is 2.27. The summed E-state index contributed by atoms with van der Waals surface area (Å²) in [5.74, 6) is -0.810. The number of nitrogens with zero attached hydrogens (tertiary/aromatic N) is 4. The molecule has 1 aromatic rings. The van der Waals surface area contributed by atoms with Gasteiger partial charge in [-0.05, 0) is 27.1 Å². The van der Waals surface area contributed by atoms with E-state index in [-0.39, 0.29) is 5.75 Å². The molecule has 102 valence electrons. The average molecular weight is 290 g/mol. The molecule has 0 aliphatic rings. The molecule has 0 fully saturated rings. The Morgan fingerprint density at radius 3 is 2.67 bits per heavy atom. The van der Waals surface area contributed by atoms with Gasteiger partial charge >= 0.3 is 5.97 Å². The van der Waals surface area contributed by atoms with Crippen molar-refractivity contribution in [2.24, 2.45) is 0 Å². The number of carbonyl (C=O) groups is 1.